The van der Waals surface area contributed by atoms with Gasteiger partial charge in [-0.15, -0.1) is 5.11 Å². The number of hydrogen-bond donors (Lipinski definition) is 0. The molecule has 15 heavy (non-hydrogen) atoms. The van der Waals surface area contributed by atoms with Gasteiger partial charge < -0.3 is 0 Å². The van der Waals surface area contributed by atoms with Crippen LogP contribution in [0.4, 0.5) is 10.1 Å². The highest BCUT2D eigenvalue weighted by atomic mass is 127. The standard InChI is InChI=1S/C10H13FIN3/c1-3-15(4-2)14-13-10-6-5-8(11)7-9(10)12/h5-7H,3-4H2,1-2H3. The van der Waals surface area contributed by atoms with Gasteiger partial charge in [-0.2, -0.15) is 0 Å². The summed E-state index contributed by atoms with van der Waals surface area (Å²) in [5, 5.41) is 9.95. The molecule has 1 aromatic rings. The SMILES string of the molecule is CCN(CC)N=Nc1ccc(F)cc1I. The first-order valence-corrected chi connectivity index (χ1v) is 5.87. The van der Waals surface area contributed by atoms with Crippen molar-refractivity contribution >= 4 is 28.3 Å². The fraction of sp³-hybridized carbons (Fsp3) is 0.400. The highest BCUT2D eigenvalue weighted by Crippen LogP contribution is 2.22. The van der Waals surface area contributed by atoms with Crippen molar-refractivity contribution in [1.29, 1.82) is 0 Å². The molecule has 5 heteroatoms. The summed E-state index contributed by atoms with van der Waals surface area (Å²) in [6.45, 7) is 5.66. The summed E-state index contributed by atoms with van der Waals surface area (Å²) in [7, 11) is 0. The zero-order valence-corrected chi connectivity index (χ0v) is 10.9. The number of halogens is 2. The van der Waals surface area contributed by atoms with E-state index in [4.69, 9.17) is 0 Å². The normalized spacial score (nSPS) is 10.9. The number of hydrogen-bond acceptors (Lipinski definition) is 2. The summed E-state index contributed by atoms with van der Waals surface area (Å²) in [4.78, 5) is 0. The average Bonchev–Trinajstić information content (AvgIpc) is 2.22. The van der Waals surface area contributed by atoms with Crippen LogP contribution in [0.15, 0.2) is 28.5 Å². The van der Waals surface area contributed by atoms with E-state index in [1.54, 1.807) is 6.07 Å². The summed E-state index contributed by atoms with van der Waals surface area (Å²) >= 11 is 2.04. The van der Waals surface area contributed by atoms with Crippen molar-refractivity contribution in [1.82, 2.24) is 5.01 Å². The molecule has 0 saturated heterocycles. The predicted octanol–water partition coefficient (Wildman–Crippen LogP) is 3.77. The van der Waals surface area contributed by atoms with Gasteiger partial charge in [-0.05, 0) is 54.6 Å². The van der Waals surface area contributed by atoms with Gasteiger partial charge in [0.15, 0.2) is 0 Å². The van der Waals surface area contributed by atoms with Crippen LogP contribution in [0, 0.1) is 9.39 Å². The van der Waals surface area contributed by atoms with E-state index in [0.29, 0.717) is 5.69 Å². The van der Waals surface area contributed by atoms with Crippen LogP contribution in [0.1, 0.15) is 13.8 Å². The zero-order chi connectivity index (χ0) is 11.3. The van der Waals surface area contributed by atoms with Gasteiger partial charge in [0.05, 0.1) is 0 Å². The molecule has 0 aliphatic carbocycles. The second-order valence-corrected chi connectivity index (χ2v) is 4.09. The molecule has 0 aromatic heterocycles. The van der Waals surface area contributed by atoms with Gasteiger partial charge in [0.25, 0.3) is 0 Å². The lowest BCUT2D eigenvalue weighted by molar-refractivity contribution is 0.300. The van der Waals surface area contributed by atoms with E-state index in [1.807, 2.05) is 41.4 Å². The van der Waals surface area contributed by atoms with Crippen molar-refractivity contribution in [3.63, 3.8) is 0 Å². The van der Waals surface area contributed by atoms with Crippen molar-refractivity contribution in [3.05, 3.63) is 27.6 Å². The minimum atomic E-state index is -0.249. The fourth-order valence-electron chi connectivity index (χ4n) is 1.02. The molecule has 0 saturated carbocycles. The lowest BCUT2D eigenvalue weighted by Crippen LogP contribution is -2.14. The summed E-state index contributed by atoms with van der Waals surface area (Å²) in [5.41, 5.74) is 0.698. The van der Waals surface area contributed by atoms with Crippen LogP contribution < -0.4 is 0 Å². The van der Waals surface area contributed by atoms with E-state index in [2.05, 4.69) is 10.3 Å². The van der Waals surface area contributed by atoms with E-state index in [9.17, 15) is 4.39 Å². The molecule has 0 bridgehead atoms. The third-order valence-corrected chi connectivity index (χ3v) is 2.78. The Morgan fingerprint density at radius 2 is 2.00 bits per heavy atom. The quantitative estimate of drug-likeness (QED) is 0.471. The lowest BCUT2D eigenvalue weighted by Gasteiger charge is -2.11. The molecule has 0 heterocycles. The third-order valence-electron chi connectivity index (χ3n) is 1.92. The minimum Gasteiger partial charge on any atom is -0.279 e. The van der Waals surface area contributed by atoms with Crippen LogP contribution in [0.3, 0.4) is 0 Å². The second kappa shape index (κ2) is 5.99. The number of nitrogens with zero attached hydrogens (tertiary/aromatic N) is 3. The smallest absolute Gasteiger partial charge is 0.124 e. The summed E-state index contributed by atoms with van der Waals surface area (Å²) < 4.78 is 13.6. The van der Waals surface area contributed by atoms with Crippen LogP contribution in [0.25, 0.3) is 0 Å². The van der Waals surface area contributed by atoms with Crippen molar-refractivity contribution in [2.75, 3.05) is 13.1 Å². The highest BCUT2D eigenvalue weighted by molar-refractivity contribution is 14.1. The average molecular weight is 321 g/mol. The maximum atomic E-state index is 12.8. The van der Waals surface area contributed by atoms with Gasteiger partial charge in [-0.1, -0.05) is 5.22 Å². The monoisotopic (exact) mass is 321 g/mol. The van der Waals surface area contributed by atoms with E-state index < -0.39 is 0 Å². The van der Waals surface area contributed by atoms with Crippen LogP contribution in [0.5, 0.6) is 0 Å². The van der Waals surface area contributed by atoms with Gasteiger partial charge in [0.2, 0.25) is 0 Å². The Morgan fingerprint density at radius 3 is 2.53 bits per heavy atom. The molecule has 0 aliphatic heterocycles. The molecular formula is C10H13FIN3. The third kappa shape index (κ3) is 3.73. The lowest BCUT2D eigenvalue weighted by atomic mass is 10.3. The molecule has 0 unspecified atom stereocenters. The van der Waals surface area contributed by atoms with E-state index in [0.717, 1.165) is 16.7 Å². The topological polar surface area (TPSA) is 28.0 Å². The molecule has 0 N–H and O–H groups in total. The fourth-order valence-corrected chi connectivity index (χ4v) is 1.61. The molecule has 0 atom stereocenters. The van der Waals surface area contributed by atoms with Crippen molar-refractivity contribution in [2.24, 2.45) is 10.3 Å². The van der Waals surface area contributed by atoms with Gasteiger partial charge in [0, 0.05) is 16.7 Å². The Balaban J connectivity index is 2.80. The molecule has 0 aliphatic rings. The maximum absolute atomic E-state index is 12.8. The number of benzene rings is 1. The molecule has 1 aromatic carbocycles. The van der Waals surface area contributed by atoms with Crippen LogP contribution >= 0.6 is 22.6 Å². The molecule has 0 radical (unpaired) electrons. The van der Waals surface area contributed by atoms with Crippen molar-refractivity contribution in [3.8, 4) is 0 Å². The Morgan fingerprint density at radius 1 is 1.33 bits per heavy atom. The maximum Gasteiger partial charge on any atom is 0.124 e. The Labute approximate surface area is 102 Å². The van der Waals surface area contributed by atoms with Crippen LogP contribution in [0.2, 0.25) is 0 Å². The Bertz CT molecular complexity index is 351. The Kier molecular flexibility index (Phi) is 4.93. The van der Waals surface area contributed by atoms with E-state index in [-0.39, 0.29) is 5.82 Å². The van der Waals surface area contributed by atoms with Crippen molar-refractivity contribution < 1.29 is 4.39 Å². The summed E-state index contributed by atoms with van der Waals surface area (Å²) in [5.74, 6) is -0.249. The first kappa shape index (κ1) is 12.4. The van der Waals surface area contributed by atoms with Crippen molar-refractivity contribution in [2.45, 2.75) is 13.8 Å². The predicted molar refractivity (Wildman–Crippen MR) is 66.6 cm³/mol. The molecule has 3 nitrogen and oxygen atoms in total. The summed E-state index contributed by atoms with van der Waals surface area (Å²) in [6, 6.07) is 4.46. The highest BCUT2D eigenvalue weighted by Gasteiger charge is 2.00. The Hall–Kier alpha value is -0.720. The first-order chi connectivity index (χ1) is 7.17. The largest absolute Gasteiger partial charge is 0.279 e. The number of rotatable bonds is 4. The van der Waals surface area contributed by atoms with Gasteiger partial charge >= 0.3 is 0 Å². The minimum absolute atomic E-state index is 0.249. The van der Waals surface area contributed by atoms with Crippen LogP contribution in [-0.4, -0.2) is 18.1 Å². The molecule has 0 fully saturated rings. The molecular weight excluding hydrogens is 308 g/mol. The second-order valence-electron chi connectivity index (χ2n) is 2.92. The molecule has 0 amide bonds. The first-order valence-electron chi connectivity index (χ1n) is 4.79. The molecule has 0 spiro atoms. The van der Waals surface area contributed by atoms with Gasteiger partial charge in [-0.25, -0.2) is 4.39 Å². The van der Waals surface area contributed by atoms with E-state index >= 15 is 0 Å². The van der Waals surface area contributed by atoms with Crippen LogP contribution in [-0.2, 0) is 0 Å². The van der Waals surface area contributed by atoms with Gasteiger partial charge in [-0.3, -0.25) is 5.01 Å². The molecule has 82 valence electrons. The molecule has 1 rings (SSSR count). The zero-order valence-electron chi connectivity index (χ0n) is 8.74. The summed E-state index contributed by atoms with van der Waals surface area (Å²) in [6.07, 6.45) is 0. The van der Waals surface area contributed by atoms with E-state index in [1.165, 1.54) is 12.1 Å². The van der Waals surface area contributed by atoms with Gasteiger partial charge in [0.1, 0.15) is 11.5 Å².